The molecule has 0 bridgehead atoms. The molecule has 3 heteroatoms. The lowest BCUT2D eigenvalue weighted by Gasteiger charge is -2.40. The number of piperidine rings is 1. The molecule has 3 atom stereocenters. The molecule has 1 saturated carbocycles. The van der Waals surface area contributed by atoms with Crippen molar-refractivity contribution < 1.29 is 5.11 Å². The third kappa shape index (κ3) is 3.94. The van der Waals surface area contributed by atoms with E-state index in [1.165, 1.54) is 19.4 Å². The van der Waals surface area contributed by atoms with Crippen LogP contribution < -0.4 is 5.32 Å². The predicted molar refractivity (Wildman–Crippen MR) is 75.6 cm³/mol. The molecule has 2 rings (SSSR count). The Balaban J connectivity index is 1.88. The Hall–Kier alpha value is -0.120. The normalized spacial score (nSPS) is 31.8. The van der Waals surface area contributed by atoms with Crippen LogP contribution in [0.4, 0.5) is 0 Å². The number of rotatable bonds is 6. The van der Waals surface area contributed by atoms with Crippen LogP contribution in [-0.2, 0) is 0 Å². The molecule has 0 aromatic heterocycles. The van der Waals surface area contributed by atoms with Gasteiger partial charge in [-0.25, -0.2) is 0 Å². The molecule has 0 aromatic carbocycles. The second-order valence-electron chi connectivity index (χ2n) is 6.66. The van der Waals surface area contributed by atoms with Gasteiger partial charge in [0.15, 0.2) is 0 Å². The maximum Gasteiger partial charge on any atom is 0.0578 e. The summed E-state index contributed by atoms with van der Waals surface area (Å²) in [5, 5.41) is 13.8. The van der Waals surface area contributed by atoms with E-state index in [9.17, 15) is 5.11 Å². The molecule has 3 nitrogen and oxygen atoms in total. The number of aliphatic hydroxyl groups excluding tert-OH is 1. The first-order valence-corrected chi connectivity index (χ1v) is 7.75. The number of aliphatic hydroxyl groups is 1. The summed E-state index contributed by atoms with van der Waals surface area (Å²) in [7, 11) is 0. The third-order valence-corrected chi connectivity index (χ3v) is 4.35. The Labute approximate surface area is 112 Å². The van der Waals surface area contributed by atoms with Gasteiger partial charge >= 0.3 is 0 Å². The fourth-order valence-electron chi connectivity index (χ4n) is 3.07. The molecule has 2 N–H and O–H groups in total. The zero-order valence-electron chi connectivity index (χ0n) is 12.2. The Morgan fingerprint density at radius 3 is 2.56 bits per heavy atom. The quantitative estimate of drug-likeness (QED) is 0.759. The van der Waals surface area contributed by atoms with Gasteiger partial charge in [0, 0.05) is 25.2 Å². The fraction of sp³-hybridized carbons (Fsp3) is 1.00. The van der Waals surface area contributed by atoms with Crippen LogP contribution in [0.5, 0.6) is 0 Å². The fourth-order valence-corrected chi connectivity index (χ4v) is 3.07. The molecule has 1 heterocycles. The number of nitrogens with zero attached hydrogens (tertiary/aromatic N) is 1. The minimum atomic E-state index is -0.116. The molecular formula is C15H30N2O. The second-order valence-corrected chi connectivity index (χ2v) is 6.66. The summed E-state index contributed by atoms with van der Waals surface area (Å²) in [5.74, 6) is 1.17. The van der Waals surface area contributed by atoms with Gasteiger partial charge in [0.05, 0.1) is 6.10 Å². The number of likely N-dealkylation sites (tertiary alicyclic amines) is 1. The highest BCUT2D eigenvalue weighted by Crippen LogP contribution is 2.32. The molecular weight excluding hydrogens is 224 g/mol. The summed E-state index contributed by atoms with van der Waals surface area (Å²) in [6, 6.07) is 1.40. The molecule has 0 radical (unpaired) electrons. The van der Waals surface area contributed by atoms with Gasteiger partial charge in [0.1, 0.15) is 0 Å². The van der Waals surface area contributed by atoms with Gasteiger partial charge in [-0.15, -0.1) is 0 Å². The van der Waals surface area contributed by atoms with Crippen LogP contribution in [0.1, 0.15) is 46.5 Å². The van der Waals surface area contributed by atoms with Crippen molar-refractivity contribution in [2.24, 2.45) is 11.8 Å². The van der Waals surface area contributed by atoms with E-state index in [1.807, 2.05) is 0 Å². The van der Waals surface area contributed by atoms with Crippen LogP contribution in [0.3, 0.4) is 0 Å². The van der Waals surface area contributed by atoms with Crippen LogP contribution in [0.2, 0.25) is 0 Å². The van der Waals surface area contributed by atoms with Crippen molar-refractivity contribution in [3.8, 4) is 0 Å². The number of hydrogen-bond donors (Lipinski definition) is 2. The lowest BCUT2D eigenvalue weighted by atomic mass is 9.88. The predicted octanol–water partition coefficient (Wildman–Crippen LogP) is 1.86. The molecule has 0 spiro atoms. The third-order valence-electron chi connectivity index (χ3n) is 4.35. The average Bonchev–Trinajstić information content (AvgIpc) is 3.19. The lowest BCUT2D eigenvalue weighted by molar-refractivity contribution is 0.0322. The Bertz CT molecular complexity index is 253. The van der Waals surface area contributed by atoms with Crippen molar-refractivity contribution in [3.63, 3.8) is 0 Å². The summed E-state index contributed by atoms with van der Waals surface area (Å²) >= 11 is 0. The molecule has 0 amide bonds. The smallest absolute Gasteiger partial charge is 0.0578 e. The standard InChI is InChI=1S/C15H30N2O/c1-4-15(18)12-7-13(16-8-11(2)3)10-17(9-12)14-5-6-14/h11-16,18H,4-10H2,1-3H3. The van der Waals surface area contributed by atoms with Gasteiger partial charge in [-0.05, 0) is 44.1 Å². The van der Waals surface area contributed by atoms with Crippen molar-refractivity contribution in [2.75, 3.05) is 19.6 Å². The van der Waals surface area contributed by atoms with Gasteiger partial charge in [-0.2, -0.15) is 0 Å². The Morgan fingerprint density at radius 2 is 2.00 bits per heavy atom. The zero-order valence-corrected chi connectivity index (χ0v) is 12.2. The van der Waals surface area contributed by atoms with E-state index in [0.29, 0.717) is 17.9 Å². The first kappa shape index (κ1) is 14.3. The summed E-state index contributed by atoms with van der Waals surface area (Å²) < 4.78 is 0. The summed E-state index contributed by atoms with van der Waals surface area (Å²) in [5.41, 5.74) is 0. The monoisotopic (exact) mass is 254 g/mol. The van der Waals surface area contributed by atoms with E-state index in [2.05, 4.69) is 31.0 Å². The van der Waals surface area contributed by atoms with E-state index in [1.54, 1.807) is 0 Å². The summed E-state index contributed by atoms with van der Waals surface area (Å²) in [6.45, 7) is 10.00. The van der Waals surface area contributed by atoms with E-state index in [0.717, 1.165) is 32.0 Å². The molecule has 2 aliphatic rings. The van der Waals surface area contributed by atoms with Gasteiger partial charge in [0.25, 0.3) is 0 Å². The second kappa shape index (κ2) is 6.36. The Morgan fingerprint density at radius 1 is 1.28 bits per heavy atom. The molecule has 0 aromatic rings. The molecule has 2 fully saturated rings. The maximum atomic E-state index is 10.1. The van der Waals surface area contributed by atoms with Crippen LogP contribution in [-0.4, -0.2) is 47.8 Å². The topological polar surface area (TPSA) is 35.5 Å². The van der Waals surface area contributed by atoms with Crippen molar-refractivity contribution in [2.45, 2.75) is 64.6 Å². The van der Waals surface area contributed by atoms with Crippen LogP contribution >= 0.6 is 0 Å². The largest absolute Gasteiger partial charge is 0.393 e. The maximum absolute atomic E-state index is 10.1. The molecule has 1 saturated heterocycles. The van der Waals surface area contributed by atoms with Crippen molar-refractivity contribution in [1.82, 2.24) is 10.2 Å². The van der Waals surface area contributed by atoms with E-state index >= 15 is 0 Å². The van der Waals surface area contributed by atoms with Gasteiger partial charge in [-0.1, -0.05) is 20.8 Å². The molecule has 3 unspecified atom stereocenters. The van der Waals surface area contributed by atoms with Crippen LogP contribution in [0.15, 0.2) is 0 Å². The summed E-state index contributed by atoms with van der Waals surface area (Å²) in [6.07, 6.45) is 4.65. The highest BCUT2D eigenvalue weighted by molar-refractivity contribution is 4.93. The van der Waals surface area contributed by atoms with Crippen molar-refractivity contribution in [3.05, 3.63) is 0 Å². The van der Waals surface area contributed by atoms with Gasteiger partial charge < -0.3 is 10.4 Å². The van der Waals surface area contributed by atoms with E-state index in [-0.39, 0.29) is 6.10 Å². The molecule has 18 heavy (non-hydrogen) atoms. The first-order chi connectivity index (χ1) is 8.60. The van der Waals surface area contributed by atoms with Crippen LogP contribution in [0, 0.1) is 11.8 Å². The van der Waals surface area contributed by atoms with Crippen LogP contribution in [0.25, 0.3) is 0 Å². The number of hydrogen-bond acceptors (Lipinski definition) is 3. The van der Waals surface area contributed by atoms with Crippen molar-refractivity contribution >= 4 is 0 Å². The first-order valence-electron chi connectivity index (χ1n) is 7.75. The number of nitrogens with one attached hydrogen (secondary N) is 1. The highest BCUT2D eigenvalue weighted by atomic mass is 16.3. The van der Waals surface area contributed by atoms with E-state index < -0.39 is 0 Å². The minimum Gasteiger partial charge on any atom is -0.393 e. The Kier molecular flexibility index (Phi) is 5.05. The molecule has 1 aliphatic heterocycles. The summed E-state index contributed by atoms with van der Waals surface area (Å²) in [4.78, 5) is 2.62. The minimum absolute atomic E-state index is 0.116. The molecule has 1 aliphatic carbocycles. The zero-order chi connectivity index (χ0) is 13.1. The van der Waals surface area contributed by atoms with Gasteiger partial charge in [0.2, 0.25) is 0 Å². The highest BCUT2D eigenvalue weighted by Gasteiger charge is 2.37. The molecule has 106 valence electrons. The van der Waals surface area contributed by atoms with Gasteiger partial charge in [-0.3, -0.25) is 4.90 Å². The lowest BCUT2D eigenvalue weighted by Crippen LogP contribution is -2.52. The van der Waals surface area contributed by atoms with Crippen molar-refractivity contribution in [1.29, 1.82) is 0 Å². The van der Waals surface area contributed by atoms with E-state index in [4.69, 9.17) is 0 Å². The average molecular weight is 254 g/mol. The SMILES string of the molecule is CCC(O)C1CC(NCC(C)C)CN(C2CC2)C1.